The predicted molar refractivity (Wildman–Crippen MR) is 162 cm³/mol. The second-order valence-electron chi connectivity index (χ2n) is 12.7. The van der Waals surface area contributed by atoms with Crippen LogP contribution in [0.3, 0.4) is 0 Å². The Morgan fingerprint density at radius 1 is 1.11 bits per heavy atom. The quantitative estimate of drug-likeness (QED) is 0.438. The smallest absolute Gasteiger partial charge is 0.417 e. The molecular weight excluding hydrogens is 563 g/mol. The van der Waals surface area contributed by atoms with Gasteiger partial charge < -0.3 is 14.5 Å². The number of rotatable bonds is 4. The lowest BCUT2D eigenvalue weighted by molar-refractivity contribution is 0.0247. The number of amides is 2. The fourth-order valence-electron chi connectivity index (χ4n) is 6.20. The van der Waals surface area contributed by atoms with Crippen LogP contribution in [0.1, 0.15) is 55.2 Å². The molecule has 44 heavy (non-hydrogen) atoms. The van der Waals surface area contributed by atoms with Crippen LogP contribution in [0.15, 0.2) is 36.5 Å². The van der Waals surface area contributed by atoms with Gasteiger partial charge in [0.1, 0.15) is 11.4 Å². The number of nitrogens with zero attached hydrogens (tertiary/aromatic N) is 8. The van der Waals surface area contributed by atoms with E-state index in [0.29, 0.717) is 11.7 Å². The normalized spacial score (nSPS) is 19.6. The Balaban J connectivity index is 1.37. The van der Waals surface area contributed by atoms with Crippen LogP contribution in [0.4, 0.5) is 15.0 Å². The van der Waals surface area contributed by atoms with Crippen molar-refractivity contribution in [3.63, 3.8) is 0 Å². The highest BCUT2D eigenvalue weighted by atomic mass is 19.1. The average molecular weight is 601 g/mol. The largest absolute Gasteiger partial charge is 0.443 e. The zero-order chi connectivity index (χ0) is 31.2. The van der Waals surface area contributed by atoms with E-state index >= 15 is 4.39 Å². The number of piperazine rings is 1. The van der Waals surface area contributed by atoms with E-state index in [-0.39, 0.29) is 34.6 Å². The maximum absolute atomic E-state index is 15.2. The molecule has 3 aliphatic heterocycles. The fourth-order valence-corrected chi connectivity index (χ4v) is 6.20. The first-order chi connectivity index (χ1) is 21.0. The van der Waals surface area contributed by atoms with E-state index in [9.17, 15) is 14.9 Å². The van der Waals surface area contributed by atoms with Crippen molar-refractivity contribution in [1.29, 1.82) is 5.26 Å². The summed E-state index contributed by atoms with van der Waals surface area (Å²) in [6.45, 7) is 11.0. The number of hydrogen-bond acceptors (Lipinski definition) is 9. The van der Waals surface area contributed by atoms with Crippen LogP contribution in [0.2, 0.25) is 0 Å². The number of carbonyl (C=O) groups excluding carboxylic acids is 2. The van der Waals surface area contributed by atoms with Gasteiger partial charge in [0, 0.05) is 57.6 Å². The standard InChI is InChI=1S/C32H37FN8O3/c1-32(2,3)44-31(43)40-20-25-29(30(40)42)26(17-24(35-25)28-21(18-34)7-5-9-23(28)33)41-12-10-27(36-41)39-11-6-8-22(19-39)38-15-13-37(4)14-16-38/h5,7,9-10,12,17,22H,6,8,11,13-16,19-20H2,1-4H3/t22-/m0/s1. The average Bonchev–Trinajstić information content (AvgIpc) is 3.61. The Labute approximate surface area is 256 Å². The highest BCUT2D eigenvalue weighted by Crippen LogP contribution is 2.35. The molecule has 0 saturated carbocycles. The minimum absolute atomic E-state index is 0.0284. The predicted octanol–water partition coefficient (Wildman–Crippen LogP) is 4.05. The Morgan fingerprint density at radius 2 is 1.89 bits per heavy atom. The minimum atomic E-state index is -0.810. The van der Waals surface area contributed by atoms with Crippen molar-refractivity contribution >= 4 is 17.8 Å². The molecule has 3 aliphatic rings. The fraction of sp³-hybridized carbons (Fsp3) is 0.469. The summed E-state index contributed by atoms with van der Waals surface area (Å²) in [6.07, 6.45) is 3.17. The molecule has 0 radical (unpaired) electrons. The van der Waals surface area contributed by atoms with Crippen LogP contribution in [0, 0.1) is 17.1 Å². The van der Waals surface area contributed by atoms with E-state index in [1.807, 2.05) is 12.1 Å². The molecule has 0 spiro atoms. The van der Waals surface area contributed by atoms with Gasteiger partial charge in [0.2, 0.25) is 0 Å². The van der Waals surface area contributed by atoms with Gasteiger partial charge in [0.05, 0.1) is 46.4 Å². The van der Waals surface area contributed by atoms with Crippen molar-refractivity contribution in [3.8, 4) is 23.0 Å². The molecule has 2 saturated heterocycles. The number of imide groups is 1. The molecule has 6 rings (SSSR count). The van der Waals surface area contributed by atoms with Crippen molar-refractivity contribution in [1.82, 2.24) is 29.5 Å². The number of aromatic nitrogens is 3. The van der Waals surface area contributed by atoms with Gasteiger partial charge in [0.15, 0.2) is 5.82 Å². The third-order valence-corrected chi connectivity index (χ3v) is 8.44. The Morgan fingerprint density at radius 3 is 2.61 bits per heavy atom. The van der Waals surface area contributed by atoms with Gasteiger partial charge in [-0.2, -0.15) is 10.4 Å². The van der Waals surface area contributed by atoms with Gasteiger partial charge in [-0.25, -0.2) is 23.8 Å². The lowest BCUT2D eigenvalue weighted by atomic mass is 10.0. The Kier molecular flexibility index (Phi) is 7.86. The summed E-state index contributed by atoms with van der Waals surface area (Å²) >= 11 is 0. The molecule has 0 unspecified atom stereocenters. The van der Waals surface area contributed by atoms with Crippen LogP contribution in [-0.2, 0) is 11.3 Å². The Bertz CT molecular complexity index is 1630. The maximum atomic E-state index is 15.2. The van der Waals surface area contributed by atoms with Gasteiger partial charge in [-0.3, -0.25) is 9.69 Å². The van der Waals surface area contributed by atoms with Crippen LogP contribution in [0.25, 0.3) is 16.9 Å². The molecule has 2 amide bonds. The first-order valence-electron chi connectivity index (χ1n) is 15.0. The van der Waals surface area contributed by atoms with E-state index in [2.05, 4.69) is 26.7 Å². The molecule has 0 bridgehead atoms. The molecule has 2 fully saturated rings. The molecular formula is C32H37FN8O3. The van der Waals surface area contributed by atoms with Crippen molar-refractivity contribution in [2.45, 2.75) is 51.8 Å². The second kappa shape index (κ2) is 11.6. The monoisotopic (exact) mass is 600 g/mol. The number of hydrogen-bond donors (Lipinski definition) is 0. The van der Waals surface area contributed by atoms with Crippen molar-refractivity contribution in [2.24, 2.45) is 0 Å². The van der Waals surface area contributed by atoms with Crippen molar-refractivity contribution in [2.75, 3.05) is 51.2 Å². The van der Waals surface area contributed by atoms with Gasteiger partial charge >= 0.3 is 6.09 Å². The number of likely N-dealkylation sites (N-methyl/N-ethyl adjacent to an activating group) is 1. The van der Waals surface area contributed by atoms with E-state index in [1.54, 1.807) is 37.7 Å². The van der Waals surface area contributed by atoms with Crippen LogP contribution in [-0.4, -0.2) is 99.4 Å². The lowest BCUT2D eigenvalue weighted by Crippen LogP contribution is -2.54. The van der Waals surface area contributed by atoms with Crippen LogP contribution in [0.5, 0.6) is 0 Å². The summed E-state index contributed by atoms with van der Waals surface area (Å²) in [5, 5.41) is 14.6. The molecule has 1 atom stereocenters. The summed E-state index contributed by atoms with van der Waals surface area (Å²) in [4.78, 5) is 39.5. The number of pyridine rings is 1. The third kappa shape index (κ3) is 5.77. The number of halogens is 1. The van der Waals surface area contributed by atoms with Crippen LogP contribution < -0.4 is 4.90 Å². The summed E-state index contributed by atoms with van der Waals surface area (Å²) in [7, 11) is 2.16. The number of nitriles is 1. The summed E-state index contributed by atoms with van der Waals surface area (Å²) in [6, 6.07) is 10.2. The number of ether oxygens (including phenoxy) is 1. The first-order valence-corrected chi connectivity index (χ1v) is 15.0. The summed E-state index contributed by atoms with van der Waals surface area (Å²) in [5.41, 5.74) is 0.338. The number of anilines is 1. The SMILES string of the molecule is CN1CCN([C@H]2CCCN(c3ccn(-c4cc(-c5c(F)cccc5C#N)nc5c4C(=O)N(C(=O)OC(C)(C)C)C5)n3)C2)CC1. The highest BCUT2D eigenvalue weighted by molar-refractivity contribution is 6.08. The molecule has 230 valence electrons. The van der Waals surface area contributed by atoms with E-state index in [0.717, 1.165) is 62.8 Å². The van der Waals surface area contributed by atoms with Crippen molar-refractivity contribution in [3.05, 3.63) is 59.2 Å². The molecule has 0 aliphatic carbocycles. The Hall–Kier alpha value is -4.34. The topological polar surface area (TPSA) is 111 Å². The second-order valence-corrected chi connectivity index (χ2v) is 12.7. The zero-order valence-electron chi connectivity index (χ0n) is 25.6. The molecule has 3 aromatic rings. The number of carbonyl (C=O) groups is 2. The van der Waals surface area contributed by atoms with Gasteiger partial charge in [-0.15, -0.1) is 0 Å². The summed E-state index contributed by atoms with van der Waals surface area (Å²) < 4.78 is 22.2. The van der Waals surface area contributed by atoms with E-state index in [4.69, 9.17) is 9.84 Å². The van der Waals surface area contributed by atoms with E-state index < -0.39 is 23.4 Å². The zero-order valence-corrected chi connectivity index (χ0v) is 25.6. The van der Waals surface area contributed by atoms with Gasteiger partial charge in [-0.05, 0) is 58.9 Å². The third-order valence-electron chi connectivity index (χ3n) is 8.44. The number of fused-ring (bicyclic) bond motifs is 1. The first kappa shape index (κ1) is 29.7. The molecule has 12 heteroatoms. The lowest BCUT2D eigenvalue weighted by Gasteiger charge is -2.42. The van der Waals surface area contributed by atoms with E-state index in [1.165, 1.54) is 18.2 Å². The minimum Gasteiger partial charge on any atom is -0.443 e. The number of piperidine rings is 1. The van der Waals surface area contributed by atoms with Crippen molar-refractivity contribution < 1.29 is 18.7 Å². The molecule has 0 N–H and O–H groups in total. The molecule has 2 aromatic heterocycles. The van der Waals surface area contributed by atoms with Crippen LogP contribution >= 0.6 is 0 Å². The van der Waals surface area contributed by atoms with Gasteiger partial charge in [0.25, 0.3) is 5.91 Å². The van der Waals surface area contributed by atoms with Gasteiger partial charge in [-0.1, -0.05) is 6.07 Å². The molecule has 1 aromatic carbocycles. The molecule has 11 nitrogen and oxygen atoms in total. The highest BCUT2D eigenvalue weighted by Gasteiger charge is 2.39. The maximum Gasteiger partial charge on any atom is 0.417 e. The summed E-state index contributed by atoms with van der Waals surface area (Å²) in [5.74, 6) is -0.406. The molecule has 5 heterocycles. The number of benzene rings is 1.